The summed E-state index contributed by atoms with van der Waals surface area (Å²) in [6.07, 6.45) is 2.44. The monoisotopic (exact) mass is 440 g/mol. The molecule has 154 valence electrons. The van der Waals surface area contributed by atoms with Crippen LogP contribution in [0.4, 0.5) is 0 Å². The molecule has 0 aliphatic rings. The number of fused-ring (bicyclic) bond motifs is 1. The molecule has 2 heterocycles. The summed E-state index contributed by atoms with van der Waals surface area (Å²) >= 11 is 1.42. The van der Waals surface area contributed by atoms with E-state index < -0.39 is 10.0 Å². The molecule has 0 unspecified atom stereocenters. The molecule has 9 heteroatoms. The van der Waals surface area contributed by atoms with Crippen LogP contribution in [0.3, 0.4) is 0 Å². The van der Waals surface area contributed by atoms with Crippen LogP contribution in [-0.2, 0) is 16.4 Å². The van der Waals surface area contributed by atoms with E-state index in [2.05, 4.69) is 10.3 Å². The van der Waals surface area contributed by atoms with Crippen LogP contribution in [0.1, 0.15) is 21.6 Å². The molecule has 0 atom stereocenters. The fraction of sp³-hybridized carbons (Fsp3) is 0.143. The molecule has 2 aromatic carbocycles. The van der Waals surface area contributed by atoms with Crippen molar-refractivity contribution in [2.45, 2.75) is 18.2 Å². The van der Waals surface area contributed by atoms with Crippen LogP contribution in [0.2, 0.25) is 0 Å². The van der Waals surface area contributed by atoms with Crippen molar-refractivity contribution in [1.82, 2.24) is 14.7 Å². The normalized spacial score (nSPS) is 11.7. The summed E-state index contributed by atoms with van der Waals surface area (Å²) < 4.78 is 24.4. The molecule has 0 aliphatic heterocycles. The number of primary sulfonamides is 1. The summed E-state index contributed by atoms with van der Waals surface area (Å²) in [6.45, 7) is 2.46. The average Bonchev–Trinajstić information content (AvgIpc) is 3.29. The molecular formula is C21H20N4O3S2. The second-order valence-corrected chi connectivity index (χ2v) is 9.36. The molecule has 0 saturated carbocycles. The van der Waals surface area contributed by atoms with Crippen LogP contribution in [0.5, 0.6) is 0 Å². The Hall–Kier alpha value is -3.01. The topological polar surface area (TPSA) is 107 Å². The minimum atomic E-state index is -3.70. The van der Waals surface area contributed by atoms with E-state index in [1.165, 1.54) is 29.0 Å². The van der Waals surface area contributed by atoms with Crippen molar-refractivity contribution in [3.63, 3.8) is 0 Å². The summed E-state index contributed by atoms with van der Waals surface area (Å²) in [6, 6.07) is 14.4. The van der Waals surface area contributed by atoms with Crippen molar-refractivity contribution in [2.24, 2.45) is 5.14 Å². The summed E-state index contributed by atoms with van der Waals surface area (Å²) in [5.41, 5.74) is 4.45. The number of carbonyl (C=O) groups is 1. The van der Waals surface area contributed by atoms with Crippen LogP contribution in [-0.4, -0.2) is 30.3 Å². The Labute approximate surface area is 178 Å². The van der Waals surface area contributed by atoms with Crippen LogP contribution in [0.15, 0.2) is 65.0 Å². The van der Waals surface area contributed by atoms with E-state index in [1.54, 1.807) is 21.9 Å². The van der Waals surface area contributed by atoms with Gasteiger partial charge in [0, 0.05) is 23.7 Å². The van der Waals surface area contributed by atoms with Gasteiger partial charge in [-0.25, -0.2) is 18.5 Å². The Morgan fingerprint density at radius 3 is 2.50 bits per heavy atom. The maximum atomic E-state index is 12.6. The lowest BCUT2D eigenvalue weighted by molar-refractivity contribution is 0.0948. The van der Waals surface area contributed by atoms with Crippen molar-refractivity contribution < 1.29 is 13.2 Å². The number of nitrogens with two attached hydrogens (primary N) is 1. The average molecular weight is 441 g/mol. The van der Waals surface area contributed by atoms with Gasteiger partial charge in [0.2, 0.25) is 10.0 Å². The highest BCUT2D eigenvalue weighted by molar-refractivity contribution is 7.89. The quantitative estimate of drug-likeness (QED) is 0.481. The van der Waals surface area contributed by atoms with Crippen molar-refractivity contribution in [3.8, 4) is 11.3 Å². The van der Waals surface area contributed by atoms with Crippen LogP contribution >= 0.6 is 11.3 Å². The number of benzene rings is 2. The predicted octanol–water partition coefficient (Wildman–Crippen LogP) is 2.99. The van der Waals surface area contributed by atoms with Crippen molar-refractivity contribution in [3.05, 3.63) is 76.9 Å². The van der Waals surface area contributed by atoms with Crippen molar-refractivity contribution >= 4 is 32.2 Å². The maximum Gasteiger partial charge on any atom is 0.269 e. The Bertz CT molecular complexity index is 1300. The Morgan fingerprint density at radius 2 is 1.83 bits per heavy atom. The molecule has 0 bridgehead atoms. The lowest BCUT2D eigenvalue weighted by Crippen LogP contribution is -2.26. The standard InChI is InChI=1S/C21H20N4O3S2/c1-14-2-6-16(7-3-14)18-12-25-19(13-29-21(25)24-18)20(26)23-11-10-15-4-8-17(9-5-15)30(22,27)28/h2-9,12-13H,10-11H2,1H3,(H,23,26)(H2,22,27,28). The van der Waals surface area contributed by atoms with Gasteiger partial charge in [-0.3, -0.25) is 9.20 Å². The number of hydrogen-bond acceptors (Lipinski definition) is 5. The lowest BCUT2D eigenvalue weighted by atomic mass is 10.1. The molecule has 7 nitrogen and oxygen atoms in total. The minimum Gasteiger partial charge on any atom is -0.350 e. The molecular weight excluding hydrogens is 420 g/mol. The van der Waals surface area contributed by atoms with Gasteiger partial charge < -0.3 is 5.32 Å². The molecule has 1 amide bonds. The van der Waals surface area contributed by atoms with Crippen LogP contribution in [0, 0.1) is 6.92 Å². The molecule has 0 aliphatic carbocycles. The number of thiazole rings is 1. The van der Waals surface area contributed by atoms with Gasteiger partial charge in [-0.2, -0.15) is 0 Å². The van der Waals surface area contributed by atoms with E-state index in [0.717, 1.165) is 21.8 Å². The van der Waals surface area contributed by atoms with Gasteiger partial charge in [0.15, 0.2) is 4.96 Å². The first-order valence-corrected chi connectivity index (χ1v) is 11.7. The summed E-state index contributed by atoms with van der Waals surface area (Å²) in [5, 5.41) is 9.79. The molecule has 0 spiro atoms. The predicted molar refractivity (Wildman–Crippen MR) is 117 cm³/mol. The number of nitrogens with zero attached hydrogens (tertiary/aromatic N) is 2. The zero-order chi connectivity index (χ0) is 21.3. The number of amides is 1. The highest BCUT2D eigenvalue weighted by atomic mass is 32.2. The third-order valence-corrected chi connectivity index (χ3v) is 6.51. The minimum absolute atomic E-state index is 0.0699. The SMILES string of the molecule is Cc1ccc(-c2cn3c(C(=O)NCCc4ccc(S(N)(=O)=O)cc4)csc3n2)cc1. The van der Waals surface area contributed by atoms with Crippen molar-refractivity contribution in [2.75, 3.05) is 6.54 Å². The molecule has 4 aromatic rings. The largest absolute Gasteiger partial charge is 0.350 e. The van der Waals surface area contributed by atoms with E-state index in [0.29, 0.717) is 18.7 Å². The zero-order valence-corrected chi connectivity index (χ0v) is 17.8. The molecule has 2 aromatic heterocycles. The van der Waals surface area contributed by atoms with Gasteiger partial charge in [0.05, 0.1) is 10.6 Å². The van der Waals surface area contributed by atoms with Gasteiger partial charge in [-0.05, 0) is 31.0 Å². The molecule has 0 fully saturated rings. The van der Waals surface area contributed by atoms with Gasteiger partial charge >= 0.3 is 0 Å². The van der Waals surface area contributed by atoms with E-state index in [4.69, 9.17) is 5.14 Å². The number of nitrogens with one attached hydrogen (secondary N) is 1. The van der Waals surface area contributed by atoms with Crippen molar-refractivity contribution in [1.29, 1.82) is 0 Å². The Morgan fingerprint density at radius 1 is 1.13 bits per heavy atom. The molecule has 3 N–H and O–H groups in total. The summed E-state index contributed by atoms with van der Waals surface area (Å²) in [5.74, 6) is -0.185. The van der Waals surface area contributed by atoms with Crippen LogP contribution in [0.25, 0.3) is 16.2 Å². The fourth-order valence-electron chi connectivity index (χ4n) is 3.07. The Kier molecular flexibility index (Phi) is 5.42. The van der Waals surface area contributed by atoms with E-state index in [9.17, 15) is 13.2 Å². The summed E-state index contributed by atoms with van der Waals surface area (Å²) in [4.78, 5) is 18.1. The molecule has 0 saturated heterocycles. The number of aromatic nitrogens is 2. The second kappa shape index (κ2) is 8.02. The smallest absolute Gasteiger partial charge is 0.269 e. The first-order valence-electron chi connectivity index (χ1n) is 9.25. The van der Waals surface area contributed by atoms with E-state index in [-0.39, 0.29) is 10.8 Å². The number of sulfonamides is 1. The second-order valence-electron chi connectivity index (χ2n) is 6.96. The summed E-state index contributed by atoms with van der Waals surface area (Å²) in [7, 11) is -3.70. The maximum absolute atomic E-state index is 12.6. The highest BCUT2D eigenvalue weighted by Crippen LogP contribution is 2.24. The van der Waals surface area contributed by atoms with E-state index in [1.807, 2.05) is 37.4 Å². The number of carbonyl (C=O) groups excluding carboxylic acids is 1. The van der Waals surface area contributed by atoms with E-state index >= 15 is 0 Å². The van der Waals surface area contributed by atoms with Gasteiger partial charge in [-0.1, -0.05) is 42.0 Å². The molecule has 4 rings (SSSR count). The number of imidazole rings is 1. The third-order valence-electron chi connectivity index (χ3n) is 4.74. The molecule has 30 heavy (non-hydrogen) atoms. The van der Waals surface area contributed by atoms with Gasteiger partial charge in [-0.15, -0.1) is 11.3 Å². The highest BCUT2D eigenvalue weighted by Gasteiger charge is 2.15. The van der Waals surface area contributed by atoms with Gasteiger partial charge in [0.25, 0.3) is 5.91 Å². The number of aryl methyl sites for hydroxylation is 1. The first-order chi connectivity index (χ1) is 14.3. The zero-order valence-electron chi connectivity index (χ0n) is 16.2. The Balaban J connectivity index is 1.43. The fourth-order valence-corrected chi connectivity index (χ4v) is 4.44. The lowest BCUT2D eigenvalue weighted by Gasteiger charge is -2.05. The number of rotatable bonds is 6. The van der Waals surface area contributed by atoms with Gasteiger partial charge in [0.1, 0.15) is 5.69 Å². The first kappa shape index (κ1) is 20.3. The molecule has 0 radical (unpaired) electrons. The number of hydrogen-bond donors (Lipinski definition) is 2. The van der Waals surface area contributed by atoms with Crippen LogP contribution < -0.4 is 10.5 Å². The third kappa shape index (κ3) is 4.28.